The van der Waals surface area contributed by atoms with E-state index < -0.39 is 35.6 Å². The minimum absolute atomic E-state index is 0.127. The van der Waals surface area contributed by atoms with Crippen LogP contribution in [0, 0.1) is 17.8 Å². The van der Waals surface area contributed by atoms with Crippen molar-refractivity contribution in [1.29, 1.82) is 0 Å². The van der Waals surface area contributed by atoms with Crippen LogP contribution in [0.4, 0.5) is 5.69 Å². The van der Waals surface area contributed by atoms with Crippen LogP contribution in [0.25, 0.3) is 0 Å². The number of hydrogen-bond donors (Lipinski definition) is 1. The Morgan fingerprint density at radius 3 is 2.36 bits per heavy atom. The van der Waals surface area contributed by atoms with Crippen molar-refractivity contribution >= 4 is 23.4 Å². The predicted molar refractivity (Wildman–Crippen MR) is 151 cm³/mol. The van der Waals surface area contributed by atoms with Crippen molar-refractivity contribution in [3.05, 3.63) is 55.6 Å². The summed E-state index contributed by atoms with van der Waals surface area (Å²) in [5.74, 6) is -2.03. The molecule has 212 valence electrons. The quantitative estimate of drug-likeness (QED) is 0.413. The Labute approximate surface area is 232 Å². The van der Waals surface area contributed by atoms with E-state index in [9.17, 15) is 19.5 Å². The number of carbonyl (C=O) groups excluding carboxylic acids is 3. The topological polar surface area (TPSA) is 90.4 Å². The molecular formula is C31H43N3O5. The Balaban J connectivity index is 1.80. The number of ether oxygens (including phenoxy) is 1. The van der Waals surface area contributed by atoms with E-state index in [0.29, 0.717) is 32.4 Å². The molecule has 3 aliphatic heterocycles. The molecule has 3 heterocycles. The monoisotopic (exact) mass is 537 g/mol. The molecule has 8 heteroatoms. The van der Waals surface area contributed by atoms with Gasteiger partial charge in [-0.2, -0.15) is 0 Å². The standard InChI is InChI=1S/C31H43N3O5/c1-7-16-32(21(5)6)30(38)27-31-15-14-24(39-31)25(26(31)29(37)34(27)23(19-35)18-20(3)4)28(36)33(17-8-2)22-12-10-9-11-13-22/h7-13,20-21,23-27,35H,1-2,14-19H2,3-6H3/t23-,24+,25-,26+,27?,31?/m1/s1. The maximum atomic E-state index is 14.4. The van der Waals surface area contributed by atoms with E-state index in [1.54, 1.807) is 26.9 Å². The van der Waals surface area contributed by atoms with Crippen LogP contribution in [-0.2, 0) is 19.1 Å². The second-order valence-corrected chi connectivity index (χ2v) is 11.7. The van der Waals surface area contributed by atoms with E-state index in [0.717, 1.165) is 5.69 Å². The molecule has 0 aromatic heterocycles. The third-order valence-electron chi connectivity index (χ3n) is 8.48. The average molecular weight is 538 g/mol. The summed E-state index contributed by atoms with van der Waals surface area (Å²) in [6, 6.07) is 7.75. The van der Waals surface area contributed by atoms with Crippen molar-refractivity contribution in [3.63, 3.8) is 0 Å². The number of aliphatic hydroxyl groups is 1. The Morgan fingerprint density at radius 1 is 1.13 bits per heavy atom. The summed E-state index contributed by atoms with van der Waals surface area (Å²) in [4.78, 5) is 47.9. The second-order valence-electron chi connectivity index (χ2n) is 11.7. The Bertz CT molecular complexity index is 1090. The van der Waals surface area contributed by atoms with Gasteiger partial charge in [0.25, 0.3) is 0 Å². The first-order valence-corrected chi connectivity index (χ1v) is 14.1. The average Bonchev–Trinajstić information content (AvgIpc) is 3.56. The zero-order valence-corrected chi connectivity index (χ0v) is 23.7. The molecule has 3 fully saturated rings. The third-order valence-corrected chi connectivity index (χ3v) is 8.48. The van der Waals surface area contributed by atoms with Crippen LogP contribution < -0.4 is 4.90 Å². The van der Waals surface area contributed by atoms with Gasteiger partial charge in [-0.1, -0.05) is 44.2 Å². The molecule has 3 saturated heterocycles. The lowest BCUT2D eigenvalue weighted by atomic mass is 9.70. The first kappa shape index (κ1) is 29.0. The van der Waals surface area contributed by atoms with Crippen molar-refractivity contribution in [2.45, 2.75) is 76.8 Å². The molecule has 3 aliphatic rings. The lowest BCUT2D eigenvalue weighted by Gasteiger charge is -2.40. The van der Waals surface area contributed by atoms with Gasteiger partial charge in [0.2, 0.25) is 17.7 Å². The van der Waals surface area contributed by atoms with Gasteiger partial charge in [0.1, 0.15) is 11.6 Å². The fourth-order valence-corrected chi connectivity index (χ4v) is 6.96. The summed E-state index contributed by atoms with van der Waals surface area (Å²) in [6.07, 6.45) is 4.53. The van der Waals surface area contributed by atoms with Gasteiger partial charge >= 0.3 is 0 Å². The molecule has 6 atom stereocenters. The van der Waals surface area contributed by atoms with E-state index in [1.807, 2.05) is 58.0 Å². The van der Waals surface area contributed by atoms with Gasteiger partial charge in [-0.15, -0.1) is 13.2 Å². The first-order chi connectivity index (χ1) is 18.6. The van der Waals surface area contributed by atoms with Crippen LogP contribution in [-0.4, -0.2) is 82.2 Å². The maximum absolute atomic E-state index is 14.4. The van der Waals surface area contributed by atoms with Crippen molar-refractivity contribution in [3.8, 4) is 0 Å². The van der Waals surface area contributed by atoms with Crippen molar-refractivity contribution in [1.82, 2.24) is 9.80 Å². The summed E-state index contributed by atoms with van der Waals surface area (Å²) in [5.41, 5.74) is -0.395. The molecule has 2 bridgehead atoms. The van der Waals surface area contributed by atoms with Crippen LogP contribution in [0.1, 0.15) is 47.0 Å². The SMILES string of the molecule is C=CCN(C(=O)[C@@H]1[C@@H]2CCC3(O2)C(C(=O)N(CC=C)C(C)C)N([C@@H](CO)CC(C)C)C(=O)[C@H]13)c1ccccc1. The van der Waals surface area contributed by atoms with Crippen molar-refractivity contribution in [2.75, 3.05) is 24.6 Å². The Kier molecular flexibility index (Phi) is 8.66. The number of hydrogen-bond acceptors (Lipinski definition) is 5. The smallest absolute Gasteiger partial charge is 0.248 e. The summed E-state index contributed by atoms with van der Waals surface area (Å²) >= 11 is 0. The number of aliphatic hydroxyl groups excluding tert-OH is 1. The minimum Gasteiger partial charge on any atom is -0.394 e. The van der Waals surface area contributed by atoms with Gasteiger partial charge in [-0.3, -0.25) is 14.4 Å². The van der Waals surface area contributed by atoms with Gasteiger partial charge in [0, 0.05) is 24.8 Å². The van der Waals surface area contributed by atoms with E-state index in [4.69, 9.17) is 4.74 Å². The molecule has 8 nitrogen and oxygen atoms in total. The molecule has 3 amide bonds. The first-order valence-electron chi connectivity index (χ1n) is 14.1. The number of benzene rings is 1. The molecule has 1 aromatic carbocycles. The van der Waals surface area contributed by atoms with Gasteiger partial charge in [0.15, 0.2) is 0 Å². The second kappa shape index (κ2) is 11.6. The summed E-state index contributed by atoms with van der Waals surface area (Å²) in [5, 5.41) is 10.5. The molecule has 0 saturated carbocycles. The highest BCUT2D eigenvalue weighted by atomic mass is 16.5. The molecule has 2 unspecified atom stereocenters. The predicted octanol–water partition coefficient (Wildman–Crippen LogP) is 3.41. The number of likely N-dealkylation sites (tertiary alicyclic amines) is 1. The molecule has 39 heavy (non-hydrogen) atoms. The van der Waals surface area contributed by atoms with Crippen LogP contribution >= 0.6 is 0 Å². The lowest BCUT2D eigenvalue weighted by Crippen LogP contribution is -2.60. The molecule has 1 aromatic rings. The Morgan fingerprint density at radius 2 is 1.79 bits per heavy atom. The van der Waals surface area contributed by atoms with E-state index >= 15 is 0 Å². The largest absolute Gasteiger partial charge is 0.394 e. The minimum atomic E-state index is -1.12. The van der Waals surface area contributed by atoms with Crippen molar-refractivity contribution < 1.29 is 24.2 Å². The molecule has 0 radical (unpaired) electrons. The highest BCUT2D eigenvalue weighted by Gasteiger charge is 2.75. The van der Waals surface area contributed by atoms with E-state index in [-0.39, 0.29) is 36.3 Å². The van der Waals surface area contributed by atoms with Crippen LogP contribution in [0.2, 0.25) is 0 Å². The number of rotatable bonds is 12. The fraction of sp³-hybridized carbons (Fsp3) is 0.581. The number of para-hydroxylation sites is 1. The van der Waals surface area contributed by atoms with E-state index in [2.05, 4.69) is 13.2 Å². The van der Waals surface area contributed by atoms with Gasteiger partial charge < -0.3 is 24.5 Å². The molecule has 1 N–H and O–H groups in total. The molecular weight excluding hydrogens is 494 g/mol. The van der Waals surface area contributed by atoms with Gasteiger partial charge in [-0.25, -0.2) is 0 Å². The maximum Gasteiger partial charge on any atom is 0.248 e. The number of anilines is 1. The molecule has 4 rings (SSSR count). The van der Waals surface area contributed by atoms with Gasteiger partial charge in [-0.05, 0) is 51.2 Å². The van der Waals surface area contributed by atoms with E-state index in [1.165, 1.54) is 0 Å². The third kappa shape index (κ3) is 4.93. The number of nitrogens with zero attached hydrogens (tertiary/aromatic N) is 3. The zero-order chi connectivity index (χ0) is 28.5. The summed E-state index contributed by atoms with van der Waals surface area (Å²) in [6.45, 7) is 15.9. The lowest BCUT2D eigenvalue weighted by molar-refractivity contribution is -0.152. The van der Waals surface area contributed by atoms with Crippen LogP contribution in [0.15, 0.2) is 55.6 Å². The highest BCUT2D eigenvalue weighted by molar-refractivity contribution is 6.03. The fourth-order valence-electron chi connectivity index (χ4n) is 6.96. The van der Waals surface area contributed by atoms with Crippen molar-refractivity contribution in [2.24, 2.45) is 17.8 Å². The highest BCUT2D eigenvalue weighted by Crippen LogP contribution is 2.59. The number of carbonyl (C=O) groups is 3. The molecule has 0 aliphatic carbocycles. The Hall–Kier alpha value is -2.97. The zero-order valence-electron chi connectivity index (χ0n) is 23.7. The normalized spacial score (nSPS) is 28.1. The molecule has 1 spiro atoms. The number of fused-ring (bicyclic) bond motifs is 1. The van der Waals surface area contributed by atoms with Gasteiger partial charge in [0.05, 0.1) is 30.6 Å². The summed E-state index contributed by atoms with van der Waals surface area (Å²) in [7, 11) is 0. The summed E-state index contributed by atoms with van der Waals surface area (Å²) < 4.78 is 6.63. The van der Waals surface area contributed by atoms with Crippen LogP contribution in [0.5, 0.6) is 0 Å². The van der Waals surface area contributed by atoms with Crippen LogP contribution in [0.3, 0.4) is 0 Å². The number of amides is 3.